The van der Waals surface area contributed by atoms with E-state index >= 15 is 0 Å². The lowest BCUT2D eigenvalue weighted by atomic mass is 9.98. The van der Waals surface area contributed by atoms with Gasteiger partial charge in [-0.2, -0.15) is 0 Å². The number of carbonyl (C=O) groups is 1. The van der Waals surface area contributed by atoms with Crippen molar-refractivity contribution in [3.8, 4) is 0 Å². The molecule has 0 spiro atoms. The maximum Gasteiger partial charge on any atom is 0.358 e. The highest BCUT2D eigenvalue weighted by atomic mass is 35.5. The number of hydrogen-bond donors (Lipinski definition) is 0. The van der Waals surface area contributed by atoms with Crippen molar-refractivity contribution in [2.24, 2.45) is 0 Å². The first-order valence-electron chi connectivity index (χ1n) is 5.70. The normalized spacial score (nSPS) is 16.8. The van der Waals surface area contributed by atoms with Gasteiger partial charge >= 0.3 is 5.97 Å². The monoisotopic (exact) mass is 273 g/mol. The van der Waals surface area contributed by atoms with Gasteiger partial charge in [0.15, 0.2) is 5.69 Å². The van der Waals surface area contributed by atoms with Gasteiger partial charge in [-0.15, -0.1) is 0 Å². The van der Waals surface area contributed by atoms with Crippen LogP contribution in [0.15, 0.2) is 12.1 Å². The van der Waals surface area contributed by atoms with Crippen LogP contribution < -0.4 is 0 Å². The van der Waals surface area contributed by atoms with Crippen LogP contribution in [0.2, 0.25) is 10.2 Å². The van der Waals surface area contributed by atoms with Crippen LogP contribution in [0.4, 0.5) is 0 Å². The summed E-state index contributed by atoms with van der Waals surface area (Å²) in [7, 11) is 0. The van der Waals surface area contributed by atoms with Gasteiger partial charge in [0, 0.05) is 0 Å². The maximum atomic E-state index is 11.9. The summed E-state index contributed by atoms with van der Waals surface area (Å²) in [5, 5.41) is 0.514. The van der Waals surface area contributed by atoms with Crippen LogP contribution in [0.5, 0.6) is 0 Å². The third kappa shape index (κ3) is 3.33. The predicted octanol–water partition coefficient (Wildman–Crippen LogP) is 3.88. The first kappa shape index (κ1) is 12.7. The molecule has 1 aliphatic carbocycles. The van der Waals surface area contributed by atoms with E-state index in [9.17, 15) is 4.79 Å². The largest absolute Gasteiger partial charge is 0.458 e. The Morgan fingerprint density at radius 1 is 1.24 bits per heavy atom. The van der Waals surface area contributed by atoms with E-state index in [1.54, 1.807) is 12.1 Å². The Labute approximate surface area is 110 Å². The van der Waals surface area contributed by atoms with Gasteiger partial charge in [0.05, 0.1) is 5.02 Å². The van der Waals surface area contributed by atoms with Crippen molar-refractivity contribution in [2.75, 3.05) is 0 Å². The Morgan fingerprint density at radius 2 is 1.94 bits per heavy atom. The Bertz CT molecular complexity index is 417. The van der Waals surface area contributed by atoms with E-state index in [2.05, 4.69) is 4.98 Å². The van der Waals surface area contributed by atoms with Crippen molar-refractivity contribution in [3.05, 3.63) is 28.0 Å². The standard InChI is InChI=1S/C12H13Cl2NO2/c13-9-6-7-10(14)15-11(9)12(16)17-8-4-2-1-3-5-8/h6-8H,1-5H2. The molecule has 5 heteroatoms. The van der Waals surface area contributed by atoms with Crippen LogP contribution in [0, 0.1) is 0 Å². The minimum atomic E-state index is -0.482. The van der Waals surface area contributed by atoms with Crippen LogP contribution >= 0.6 is 23.2 Å². The lowest BCUT2D eigenvalue weighted by molar-refractivity contribution is 0.0204. The molecule has 1 aromatic rings. The number of hydrogen-bond acceptors (Lipinski definition) is 3. The fourth-order valence-corrected chi connectivity index (χ4v) is 2.28. The highest BCUT2D eigenvalue weighted by Crippen LogP contribution is 2.23. The Hall–Kier alpha value is -0.800. The van der Waals surface area contributed by atoms with Gasteiger partial charge < -0.3 is 4.74 Å². The van der Waals surface area contributed by atoms with Crippen molar-refractivity contribution >= 4 is 29.2 Å². The Kier molecular flexibility index (Phi) is 4.24. The molecule has 92 valence electrons. The second kappa shape index (κ2) is 5.69. The van der Waals surface area contributed by atoms with E-state index < -0.39 is 5.97 Å². The zero-order chi connectivity index (χ0) is 12.3. The molecule has 2 rings (SSSR count). The number of esters is 1. The molecule has 3 nitrogen and oxygen atoms in total. The molecule has 0 radical (unpaired) electrons. The zero-order valence-electron chi connectivity index (χ0n) is 9.29. The van der Waals surface area contributed by atoms with Crippen molar-refractivity contribution in [2.45, 2.75) is 38.2 Å². The second-order valence-electron chi connectivity index (χ2n) is 4.13. The summed E-state index contributed by atoms with van der Waals surface area (Å²) in [6.45, 7) is 0. The number of pyridine rings is 1. The Balaban J connectivity index is 2.05. The molecule has 0 bridgehead atoms. The van der Waals surface area contributed by atoms with Crippen LogP contribution in [0.1, 0.15) is 42.6 Å². The molecule has 1 heterocycles. The van der Waals surface area contributed by atoms with Crippen LogP contribution in [0.25, 0.3) is 0 Å². The lowest BCUT2D eigenvalue weighted by Gasteiger charge is -2.21. The molecular formula is C12H13Cl2NO2. The van der Waals surface area contributed by atoms with Crippen LogP contribution in [0.3, 0.4) is 0 Å². The van der Waals surface area contributed by atoms with E-state index in [1.807, 2.05) is 0 Å². The summed E-state index contributed by atoms with van der Waals surface area (Å²) < 4.78 is 5.37. The van der Waals surface area contributed by atoms with E-state index in [1.165, 1.54) is 6.42 Å². The summed E-state index contributed by atoms with van der Waals surface area (Å²) >= 11 is 11.6. The summed E-state index contributed by atoms with van der Waals surface area (Å²) in [6, 6.07) is 3.09. The van der Waals surface area contributed by atoms with E-state index in [0.29, 0.717) is 0 Å². The zero-order valence-corrected chi connectivity index (χ0v) is 10.8. The smallest absolute Gasteiger partial charge is 0.358 e. The quantitative estimate of drug-likeness (QED) is 0.607. The topological polar surface area (TPSA) is 39.2 Å². The van der Waals surface area contributed by atoms with E-state index in [4.69, 9.17) is 27.9 Å². The molecule has 1 aliphatic rings. The number of carbonyl (C=O) groups excluding carboxylic acids is 1. The second-order valence-corrected chi connectivity index (χ2v) is 4.92. The maximum absolute atomic E-state index is 11.9. The van der Waals surface area contributed by atoms with Gasteiger partial charge in [0.25, 0.3) is 0 Å². The molecule has 1 saturated carbocycles. The summed E-state index contributed by atoms with van der Waals surface area (Å²) in [6.07, 6.45) is 5.26. The molecule has 1 aromatic heterocycles. The molecule has 0 aromatic carbocycles. The molecule has 0 aliphatic heterocycles. The molecule has 0 atom stereocenters. The number of ether oxygens (including phenoxy) is 1. The molecular weight excluding hydrogens is 261 g/mol. The number of rotatable bonds is 2. The minimum Gasteiger partial charge on any atom is -0.458 e. The van der Waals surface area contributed by atoms with E-state index in [0.717, 1.165) is 25.7 Å². The third-order valence-corrected chi connectivity index (χ3v) is 3.35. The SMILES string of the molecule is O=C(OC1CCCCC1)c1nc(Cl)ccc1Cl. The minimum absolute atomic E-state index is 0.00639. The van der Waals surface area contributed by atoms with Gasteiger partial charge in [0.2, 0.25) is 0 Å². The summed E-state index contributed by atoms with van der Waals surface area (Å²) in [5.74, 6) is -0.482. The first-order valence-corrected chi connectivity index (χ1v) is 6.45. The van der Waals surface area contributed by atoms with Crippen LogP contribution in [-0.2, 0) is 4.74 Å². The van der Waals surface area contributed by atoms with Gasteiger partial charge in [-0.05, 0) is 37.8 Å². The highest BCUT2D eigenvalue weighted by molar-refractivity contribution is 6.34. The van der Waals surface area contributed by atoms with Gasteiger partial charge in [-0.25, -0.2) is 9.78 Å². The average molecular weight is 274 g/mol. The number of aromatic nitrogens is 1. The fourth-order valence-electron chi connectivity index (χ4n) is 1.95. The summed E-state index contributed by atoms with van der Waals surface area (Å²) in [4.78, 5) is 15.8. The molecule has 17 heavy (non-hydrogen) atoms. The van der Waals surface area contributed by atoms with E-state index in [-0.39, 0.29) is 22.0 Å². The average Bonchev–Trinajstić information content (AvgIpc) is 2.33. The van der Waals surface area contributed by atoms with Crippen molar-refractivity contribution < 1.29 is 9.53 Å². The third-order valence-electron chi connectivity index (χ3n) is 2.83. The molecule has 0 amide bonds. The van der Waals surface area contributed by atoms with Crippen molar-refractivity contribution in [1.29, 1.82) is 0 Å². The van der Waals surface area contributed by atoms with Gasteiger partial charge in [0.1, 0.15) is 11.3 Å². The number of halogens is 2. The fraction of sp³-hybridized carbons (Fsp3) is 0.500. The molecule has 0 saturated heterocycles. The van der Waals surface area contributed by atoms with Crippen molar-refractivity contribution in [1.82, 2.24) is 4.98 Å². The highest BCUT2D eigenvalue weighted by Gasteiger charge is 2.21. The number of nitrogens with zero attached hydrogens (tertiary/aromatic N) is 1. The van der Waals surface area contributed by atoms with Crippen LogP contribution in [-0.4, -0.2) is 17.1 Å². The predicted molar refractivity (Wildman–Crippen MR) is 66.5 cm³/mol. The van der Waals surface area contributed by atoms with Crippen molar-refractivity contribution in [3.63, 3.8) is 0 Å². The first-order chi connectivity index (χ1) is 8.16. The lowest BCUT2D eigenvalue weighted by Crippen LogP contribution is -2.21. The van der Waals surface area contributed by atoms with Gasteiger partial charge in [-0.1, -0.05) is 29.6 Å². The molecule has 1 fully saturated rings. The Morgan fingerprint density at radius 3 is 2.65 bits per heavy atom. The molecule has 0 unspecified atom stereocenters. The van der Waals surface area contributed by atoms with Gasteiger partial charge in [-0.3, -0.25) is 0 Å². The summed E-state index contributed by atoms with van der Waals surface area (Å²) in [5.41, 5.74) is 0.102. The molecule has 0 N–H and O–H groups in total.